The zero-order chi connectivity index (χ0) is 12.4. The summed E-state index contributed by atoms with van der Waals surface area (Å²) in [4.78, 5) is 12.0. The first kappa shape index (κ1) is 12.7. The van der Waals surface area contributed by atoms with Crippen LogP contribution in [-0.2, 0) is 11.2 Å². The summed E-state index contributed by atoms with van der Waals surface area (Å²) in [6.07, 6.45) is 2.99. The maximum atomic E-state index is 13.0. The van der Waals surface area contributed by atoms with Gasteiger partial charge in [-0.15, -0.1) is 0 Å². The molecule has 1 aromatic rings. The molecule has 0 bridgehead atoms. The predicted octanol–water partition coefficient (Wildman–Crippen LogP) is 2.83. The van der Waals surface area contributed by atoms with E-state index in [0.29, 0.717) is 10.9 Å². The summed E-state index contributed by atoms with van der Waals surface area (Å²) in [6.45, 7) is 0. The summed E-state index contributed by atoms with van der Waals surface area (Å²) < 4.78 is 13.4. The molecule has 92 valence electrons. The molecule has 1 aliphatic carbocycles. The zero-order valence-corrected chi connectivity index (χ0v) is 11.0. The first-order valence-corrected chi connectivity index (χ1v) is 6.58. The highest BCUT2D eigenvalue weighted by Gasteiger charge is 2.27. The van der Waals surface area contributed by atoms with E-state index in [0.717, 1.165) is 24.8 Å². The molecule has 1 fully saturated rings. The van der Waals surface area contributed by atoms with E-state index in [1.165, 1.54) is 6.07 Å². The average Bonchev–Trinajstić information content (AvgIpc) is 2.70. The molecule has 0 spiro atoms. The van der Waals surface area contributed by atoms with Crippen LogP contribution >= 0.6 is 15.9 Å². The molecule has 2 N–H and O–H groups in total. The second-order valence-corrected chi connectivity index (χ2v) is 5.52. The molecule has 2 rings (SSSR count). The van der Waals surface area contributed by atoms with Gasteiger partial charge in [-0.2, -0.15) is 0 Å². The number of carbonyl (C=O) groups is 1. The van der Waals surface area contributed by atoms with Crippen molar-refractivity contribution >= 4 is 21.7 Å². The van der Waals surface area contributed by atoms with Gasteiger partial charge in [-0.05, 0) is 52.9 Å². The third-order valence-electron chi connectivity index (χ3n) is 3.29. The lowest BCUT2D eigenvalue weighted by Gasteiger charge is -2.08. The Kier molecular flexibility index (Phi) is 3.94. The minimum absolute atomic E-state index is 0.0915. The van der Waals surface area contributed by atoms with E-state index in [-0.39, 0.29) is 23.6 Å². The van der Waals surface area contributed by atoms with Crippen LogP contribution in [0.3, 0.4) is 0 Å². The van der Waals surface area contributed by atoms with E-state index < -0.39 is 0 Å². The third kappa shape index (κ3) is 3.13. The van der Waals surface area contributed by atoms with Crippen LogP contribution in [0.4, 0.5) is 4.39 Å². The minimum atomic E-state index is -0.302. The van der Waals surface area contributed by atoms with Gasteiger partial charge >= 0.3 is 0 Å². The van der Waals surface area contributed by atoms with Gasteiger partial charge in [-0.1, -0.05) is 6.07 Å². The van der Waals surface area contributed by atoms with Gasteiger partial charge in [0, 0.05) is 18.4 Å². The Hall–Kier alpha value is -0.740. The first-order valence-electron chi connectivity index (χ1n) is 5.78. The van der Waals surface area contributed by atoms with E-state index in [9.17, 15) is 9.18 Å². The van der Waals surface area contributed by atoms with Crippen molar-refractivity contribution in [3.05, 3.63) is 34.1 Å². The molecule has 1 aliphatic rings. The van der Waals surface area contributed by atoms with Crippen molar-refractivity contribution < 1.29 is 9.18 Å². The molecule has 0 amide bonds. The van der Waals surface area contributed by atoms with Gasteiger partial charge in [0.15, 0.2) is 0 Å². The molecule has 0 saturated heterocycles. The fraction of sp³-hybridized carbons (Fsp3) is 0.462. The summed E-state index contributed by atoms with van der Waals surface area (Å²) in [6, 6.07) is 4.88. The topological polar surface area (TPSA) is 43.1 Å². The number of halogens is 2. The van der Waals surface area contributed by atoms with Gasteiger partial charge in [-0.3, -0.25) is 4.79 Å². The standard InChI is InChI=1S/C13H15BrFNO/c14-11-5-8(1-4-12(11)15)6-13(17)9-2-3-10(16)7-9/h1,4-5,9-10H,2-3,6-7,16H2. The van der Waals surface area contributed by atoms with Crippen LogP contribution < -0.4 is 5.73 Å². The molecule has 0 heterocycles. The summed E-state index contributed by atoms with van der Waals surface area (Å²) >= 11 is 3.12. The third-order valence-corrected chi connectivity index (χ3v) is 3.90. The Balaban J connectivity index is 2.00. The lowest BCUT2D eigenvalue weighted by Crippen LogP contribution is -2.19. The second kappa shape index (κ2) is 5.27. The molecule has 2 atom stereocenters. The molecule has 17 heavy (non-hydrogen) atoms. The SMILES string of the molecule is NC1CCC(C(=O)Cc2ccc(F)c(Br)c2)C1. The normalized spacial score (nSPS) is 23.9. The number of ketones is 1. The van der Waals surface area contributed by atoms with Crippen LogP contribution in [0.15, 0.2) is 22.7 Å². The fourth-order valence-electron chi connectivity index (χ4n) is 2.30. The summed E-state index contributed by atoms with van der Waals surface area (Å²) in [7, 11) is 0. The number of carbonyl (C=O) groups excluding carboxylic acids is 1. The van der Waals surface area contributed by atoms with E-state index in [1.54, 1.807) is 12.1 Å². The fourth-order valence-corrected chi connectivity index (χ4v) is 2.73. The van der Waals surface area contributed by atoms with Crippen molar-refractivity contribution in [2.45, 2.75) is 31.7 Å². The van der Waals surface area contributed by atoms with Gasteiger partial charge in [0.05, 0.1) is 4.47 Å². The molecular formula is C13H15BrFNO. The Morgan fingerprint density at radius 2 is 2.24 bits per heavy atom. The molecular weight excluding hydrogens is 285 g/mol. The lowest BCUT2D eigenvalue weighted by molar-refractivity contribution is -0.122. The average molecular weight is 300 g/mol. The highest BCUT2D eigenvalue weighted by Crippen LogP contribution is 2.26. The summed E-state index contributed by atoms with van der Waals surface area (Å²) in [5, 5.41) is 0. The van der Waals surface area contributed by atoms with E-state index in [1.807, 2.05) is 0 Å². The van der Waals surface area contributed by atoms with E-state index >= 15 is 0 Å². The number of rotatable bonds is 3. The molecule has 0 aliphatic heterocycles. The Labute approximate surface area is 109 Å². The number of hydrogen-bond donors (Lipinski definition) is 1. The molecule has 2 nitrogen and oxygen atoms in total. The van der Waals surface area contributed by atoms with Gasteiger partial charge in [0.25, 0.3) is 0 Å². The van der Waals surface area contributed by atoms with Crippen molar-refractivity contribution in [1.82, 2.24) is 0 Å². The number of Topliss-reactive ketones (excluding diaryl/α,β-unsaturated/α-hetero) is 1. The molecule has 2 unspecified atom stereocenters. The number of benzene rings is 1. The molecule has 0 aromatic heterocycles. The lowest BCUT2D eigenvalue weighted by atomic mass is 9.96. The smallest absolute Gasteiger partial charge is 0.140 e. The summed E-state index contributed by atoms with van der Waals surface area (Å²) in [5.41, 5.74) is 6.64. The van der Waals surface area contributed by atoms with Gasteiger partial charge < -0.3 is 5.73 Å². The van der Waals surface area contributed by atoms with Gasteiger partial charge in [0.1, 0.15) is 11.6 Å². The van der Waals surface area contributed by atoms with E-state index in [2.05, 4.69) is 15.9 Å². The molecule has 1 saturated carbocycles. The van der Waals surface area contributed by atoms with Crippen molar-refractivity contribution in [2.24, 2.45) is 11.7 Å². The van der Waals surface area contributed by atoms with Crippen molar-refractivity contribution in [2.75, 3.05) is 0 Å². The van der Waals surface area contributed by atoms with E-state index in [4.69, 9.17) is 5.73 Å². The Morgan fingerprint density at radius 3 is 2.82 bits per heavy atom. The monoisotopic (exact) mass is 299 g/mol. The van der Waals surface area contributed by atoms with Crippen LogP contribution in [0.5, 0.6) is 0 Å². The van der Waals surface area contributed by atoms with Crippen LogP contribution in [0.2, 0.25) is 0 Å². The van der Waals surface area contributed by atoms with Crippen molar-refractivity contribution in [3.8, 4) is 0 Å². The molecule has 0 radical (unpaired) electrons. The maximum absolute atomic E-state index is 13.0. The van der Waals surface area contributed by atoms with Crippen molar-refractivity contribution in [3.63, 3.8) is 0 Å². The van der Waals surface area contributed by atoms with Crippen LogP contribution in [0, 0.1) is 11.7 Å². The first-order chi connectivity index (χ1) is 8.06. The Morgan fingerprint density at radius 1 is 1.47 bits per heavy atom. The molecule has 1 aromatic carbocycles. The summed E-state index contributed by atoms with van der Waals surface area (Å²) in [5.74, 6) is 0.00868. The highest BCUT2D eigenvalue weighted by atomic mass is 79.9. The maximum Gasteiger partial charge on any atom is 0.140 e. The van der Waals surface area contributed by atoms with Gasteiger partial charge in [-0.25, -0.2) is 4.39 Å². The minimum Gasteiger partial charge on any atom is -0.328 e. The Bertz CT molecular complexity index is 435. The largest absolute Gasteiger partial charge is 0.328 e. The number of hydrogen-bond acceptors (Lipinski definition) is 2. The predicted molar refractivity (Wildman–Crippen MR) is 68.1 cm³/mol. The van der Waals surface area contributed by atoms with Crippen LogP contribution in [-0.4, -0.2) is 11.8 Å². The zero-order valence-electron chi connectivity index (χ0n) is 9.46. The quantitative estimate of drug-likeness (QED) is 0.933. The number of nitrogens with two attached hydrogens (primary N) is 1. The second-order valence-electron chi connectivity index (χ2n) is 4.66. The van der Waals surface area contributed by atoms with Gasteiger partial charge in [0.2, 0.25) is 0 Å². The highest BCUT2D eigenvalue weighted by molar-refractivity contribution is 9.10. The van der Waals surface area contributed by atoms with Crippen LogP contribution in [0.25, 0.3) is 0 Å². The van der Waals surface area contributed by atoms with Crippen LogP contribution in [0.1, 0.15) is 24.8 Å². The van der Waals surface area contributed by atoms with Crippen molar-refractivity contribution in [1.29, 1.82) is 0 Å². The molecule has 4 heteroatoms.